The number of carbonyl (C=O) groups excluding carboxylic acids is 1. The Labute approximate surface area is 179 Å². The van der Waals surface area contributed by atoms with Gasteiger partial charge in [-0.05, 0) is 55.2 Å². The van der Waals surface area contributed by atoms with E-state index in [1.165, 1.54) is 18.2 Å². The molecule has 0 aromatic heterocycles. The zero-order valence-corrected chi connectivity index (χ0v) is 18.0. The molecule has 9 heteroatoms. The predicted octanol–water partition coefficient (Wildman–Crippen LogP) is 5.24. The zero-order chi connectivity index (χ0) is 21.2. The van der Waals surface area contributed by atoms with Crippen molar-refractivity contribution in [2.75, 3.05) is 5.32 Å². The van der Waals surface area contributed by atoms with Crippen LogP contribution in [0, 0.1) is 11.7 Å². The number of benzene rings is 2. The standard InChI is InChI=1S/C20H21Cl2FN2O3S/c1-12-4-2-3-5-19(12)25-29(27,28)14-7-9-18(23)15(11-14)20(26)24-13-6-8-16(21)17(22)10-13/h6-12,19,25H,2-5H2,1H3,(H,24,26). The molecule has 2 aromatic rings. The molecule has 0 radical (unpaired) electrons. The minimum Gasteiger partial charge on any atom is -0.322 e. The molecule has 0 spiro atoms. The van der Waals surface area contributed by atoms with E-state index in [1.54, 1.807) is 0 Å². The number of halogens is 3. The number of sulfonamides is 1. The number of hydrogen-bond acceptors (Lipinski definition) is 3. The van der Waals surface area contributed by atoms with Crippen LogP contribution in [0.3, 0.4) is 0 Å². The zero-order valence-electron chi connectivity index (χ0n) is 15.7. The molecule has 2 unspecified atom stereocenters. The molecule has 1 saturated carbocycles. The van der Waals surface area contributed by atoms with Gasteiger partial charge in [-0.2, -0.15) is 0 Å². The Balaban J connectivity index is 1.83. The number of rotatable bonds is 5. The molecular weight excluding hydrogens is 438 g/mol. The van der Waals surface area contributed by atoms with Crippen LogP contribution < -0.4 is 10.0 Å². The molecule has 1 aliphatic rings. The third kappa shape index (κ3) is 5.28. The molecule has 1 amide bonds. The van der Waals surface area contributed by atoms with Crippen LogP contribution in [0.5, 0.6) is 0 Å². The van der Waals surface area contributed by atoms with Gasteiger partial charge >= 0.3 is 0 Å². The van der Waals surface area contributed by atoms with Crippen molar-refractivity contribution in [3.05, 3.63) is 57.8 Å². The number of hydrogen-bond donors (Lipinski definition) is 2. The van der Waals surface area contributed by atoms with Gasteiger partial charge < -0.3 is 5.32 Å². The van der Waals surface area contributed by atoms with Gasteiger partial charge in [0.05, 0.1) is 20.5 Å². The maximum Gasteiger partial charge on any atom is 0.258 e. The first-order valence-corrected chi connectivity index (χ1v) is 11.5. The minimum absolute atomic E-state index is 0.157. The van der Waals surface area contributed by atoms with Crippen molar-refractivity contribution in [3.63, 3.8) is 0 Å². The van der Waals surface area contributed by atoms with E-state index >= 15 is 0 Å². The summed E-state index contributed by atoms with van der Waals surface area (Å²) in [6, 6.07) is 7.42. The summed E-state index contributed by atoms with van der Waals surface area (Å²) < 4.78 is 42.5. The van der Waals surface area contributed by atoms with Crippen molar-refractivity contribution in [2.24, 2.45) is 5.92 Å². The molecule has 1 aliphatic carbocycles. The molecule has 0 bridgehead atoms. The second kappa shape index (κ2) is 9.00. The van der Waals surface area contributed by atoms with Crippen LogP contribution in [0.2, 0.25) is 10.0 Å². The highest BCUT2D eigenvalue weighted by Crippen LogP contribution is 2.27. The Morgan fingerprint density at radius 2 is 1.79 bits per heavy atom. The molecule has 156 valence electrons. The topological polar surface area (TPSA) is 75.3 Å². The summed E-state index contributed by atoms with van der Waals surface area (Å²) in [5.74, 6) is -1.40. The van der Waals surface area contributed by atoms with Gasteiger partial charge in [-0.3, -0.25) is 4.79 Å². The molecular formula is C20H21Cl2FN2O3S. The van der Waals surface area contributed by atoms with Gasteiger partial charge in [-0.1, -0.05) is 43.0 Å². The van der Waals surface area contributed by atoms with Gasteiger partial charge in [-0.25, -0.2) is 17.5 Å². The predicted molar refractivity (Wildman–Crippen MR) is 113 cm³/mol. The first-order chi connectivity index (χ1) is 13.7. The molecule has 2 atom stereocenters. The van der Waals surface area contributed by atoms with E-state index in [4.69, 9.17) is 23.2 Å². The second-order valence-electron chi connectivity index (χ2n) is 7.21. The highest BCUT2D eigenvalue weighted by atomic mass is 35.5. The maximum absolute atomic E-state index is 14.3. The fourth-order valence-electron chi connectivity index (χ4n) is 3.38. The van der Waals surface area contributed by atoms with Crippen molar-refractivity contribution in [1.82, 2.24) is 4.72 Å². The Hall–Kier alpha value is -1.67. The molecule has 29 heavy (non-hydrogen) atoms. The van der Waals surface area contributed by atoms with Crippen LogP contribution in [0.25, 0.3) is 0 Å². The van der Waals surface area contributed by atoms with Gasteiger partial charge in [0, 0.05) is 11.7 Å². The number of carbonyl (C=O) groups is 1. The molecule has 1 fully saturated rings. The minimum atomic E-state index is -3.89. The lowest BCUT2D eigenvalue weighted by Crippen LogP contribution is -2.41. The largest absolute Gasteiger partial charge is 0.322 e. The Morgan fingerprint density at radius 3 is 2.48 bits per heavy atom. The lowest BCUT2D eigenvalue weighted by Gasteiger charge is -2.29. The molecule has 2 N–H and O–H groups in total. The van der Waals surface area contributed by atoms with E-state index in [0.717, 1.165) is 43.9 Å². The van der Waals surface area contributed by atoms with Gasteiger partial charge in [0.15, 0.2) is 0 Å². The summed E-state index contributed by atoms with van der Waals surface area (Å²) in [7, 11) is -3.89. The molecule has 3 rings (SSSR count). The smallest absolute Gasteiger partial charge is 0.258 e. The first-order valence-electron chi connectivity index (χ1n) is 9.25. The highest BCUT2D eigenvalue weighted by Gasteiger charge is 2.27. The molecule has 0 heterocycles. The summed E-state index contributed by atoms with van der Waals surface area (Å²) in [6.45, 7) is 2.01. The van der Waals surface area contributed by atoms with Gasteiger partial charge in [0.25, 0.3) is 5.91 Å². The van der Waals surface area contributed by atoms with E-state index in [0.29, 0.717) is 10.7 Å². The number of amides is 1. The van der Waals surface area contributed by atoms with Gasteiger partial charge in [0.2, 0.25) is 10.0 Å². The average molecular weight is 459 g/mol. The van der Waals surface area contributed by atoms with Gasteiger partial charge in [0.1, 0.15) is 5.82 Å². The van der Waals surface area contributed by atoms with Crippen molar-refractivity contribution in [2.45, 2.75) is 43.5 Å². The number of nitrogens with one attached hydrogen (secondary N) is 2. The monoisotopic (exact) mass is 458 g/mol. The third-order valence-corrected chi connectivity index (χ3v) is 7.31. The van der Waals surface area contributed by atoms with Crippen LogP contribution in [-0.4, -0.2) is 20.4 Å². The lowest BCUT2D eigenvalue weighted by molar-refractivity contribution is 0.102. The van der Waals surface area contributed by atoms with Crippen LogP contribution in [0.15, 0.2) is 41.3 Å². The molecule has 0 saturated heterocycles. The van der Waals surface area contributed by atoms with Crippen molar-refractivity contribution in [1.29, 1.82) is 0 Å². The molecule has 5 nitrogen and oxygen atoms in total. The second-order valence-corrected chi connectivity index (χ2v) is 9.74. The summed E-state index contributed by atoms with van der Waals surface area (Å²) in [6.07, 6.45) is 3.74. The van der Waals surface area contributed by atoms with E-state index < -0.39 is 21.7 Å². The normalized spacial score (nSPS) is 19.7. The SMILES string of the molecule is CC1CCCCC1NS(=O)(=O)c1ccc(F)c(C(=O)Nc2ccc(Cl)c(Cl)c2)c1. The van der Waals surface area contributed by atoms with Crippen molar-refractivity contribution >= 4 is 44.8 Å². The van der Waals surface area contributed by atoms with E-state index in [2.05, 4.69) is 10.0 Å². The van der Waals surface area contributed by atoms with Crippen molar-refractivity contribution in [3.8, 4) is 0 Å². The average Bonchev–Trinajstić information content (AvgIpc) is 2.66. The van der Waals surface area contributed by atoms with Crippen LogP contribution in [0.1, 0.15) is 43.0 Å². The van der Waals surface area contributed by atoms with Crippen LogP contribution in [0.4, 0.5) is 10.1 Å². The van der Waals surface area contributed by atoms with Crippen LogP contribution >= 0.6 is 23.2 Å². The lowest BCUT2D eigenvalue weighted by atomic mass is 9.87. The Kier molecular flexibility index (Phi) is 6.83. The Bertz CT molecular complexity index is 1030. The fourth-order valence-corrected chi connectivity index (χ4v) is 5.08. The number of anilines is 1. The highest BCUT2D eigenvalue weighted by molar-refractivity contribution is 7.89. The summed E-state index contributed by atoms with van der Waals surface area (Å²) in [5.41, 5.74) is -0.0677. The first kappa shape index (κ1) is 22.0. The Morgan fingerprint density at radius 1 is 1.07 bits per heavy atom. The molecule has 0 aliphatic heterocycles. The summed E-state index contributed by atoms with van der Waals surface area (Å²) >= 11 is 11.8. The van der Waals surface area contributed by atoms with E-state index in [1.807, 2.05) is 6.92 Å². The quantitative estimate of drug-likeness (QED) is 0.642. The fraction of sp³-hybridized carbons (Fsp3) is 0.350. The molecule has 2 aromatic carbocycles. The van der Waals surface area contributed by atoms with Crippen LogP contribution in [-0.2, 0) is 10.0 Å². The van der Waals surface area contributed by atoms with Gasteiger partial charge in [-0.15, -0.1) is 0 Å². The van der Waals surface area contributed by atoms with Crippen molar-refractivity contribution < 1.29 is 17.6 Å². The maximum atomic E-state index is 14.3. The summed E-state index contributed by atoms with van der Waals surface area (Å²) in [4.78, 5) is 12.4. The van der Waals surface area contributed by atoms with E-state index in [9.17, 15) is 17.6 Å². The summed E-state index contributed by atoms with van der Waals surface area (Å²) in [5, 5.41) is 3.04. The third-order valence-electron chi connectivity index (χ3n) is 5.09. The van der Waals surface area contributed by atoms with E-state index in [-0.39, 0.29) is 27.4 Å².